The molecule has 2 fully saturated rings. The predicted molar refractivity (Wildman–Crippen MR) is 114 cm³/mol. The van der Waals surface area contributed by atoms with Crippen LogP contribution in [0.25, 0.3) is 22.0 Å². The second-order valence-electron chi connectivity index (χ2n) is 8.65. The second kappa shape index (κ2) is 7.70. The molecule has 1 N–H and O–H groups in total. The van der Waals surface area contributed by atoms with E-state index < -0.39 is 6.04 Å². The molecule has 5 rings (SSSR count). The smallest absolute Gasteiger partial charge is 0.251 e. The van der Waals surface area contributed by atoms with E-state index in [1.54, 1.807) is 4.68 Å². The molecule has 1 aliphatic heterocycles. The first-order valence-electron chi connectivity index (χ1n) is 10.9. The van der Waals surface area contributed by atoms with E-state index in [-0.39, 0.29) is 11.8 Å². The molecule has 2 aliphatic rings. The summed E-state index contributed by atoms with van der Waals surface area (Å²) < 4.78 is 3.85. The largest absolute Gasteiger partial charge is 0.295 e. The van der Waals surface area contributed by atoms with Gasteiger partial charge in [0.25, 0.3) is 5.91 Å². The number of fused-ring (bicyclic) bond motifs is 1. The molecule has 7 nitrogen and oxygen atoms in total. The number of imide groups is 1. The maximum Gasteiger partial charge on any atom is 0.251 e. The monoisotopic (exact) mass is 405 g/mol. The van der Waals surface area contributed by atoms with E-state index in [0.29, 0.717) is 12.8 Å². The highest BCUT2D eigenvalue weighted by Crippen LogP contribution is 2.34. The lowest BCUT2D eigenvalue weighted by Crippen LogP contribution is -2.42. The van der Waals surface area contributed by atoms with Crippen molar-refractivity contribution >= 4 is 22.7 Å². The summed E-state index contributed by atoms with van der Waals surface area (Å²) in [7, 11) is 0. The Hall–Kier alpha value is -2.96. The summed E-state index contributed by atoms with van der Waals surface area (Å²) in [6.07, 6.45) is 11.5. The fourth-order valence-electron chi connectivity index (χ4n) is 5.01. The summed E-state index contributed by atoms with van der Waals surface area (Å²) >= 11 is 0. The molecule has 156 valence electrons. The molecule has 30 heavy (non-hydrogen) atoms. The highest BCUT2D eigenvalue weighted by Gasteiger charge is 2.30. The van der Waals surface area contributed by atoms with Crippen molar-refractivity contribution in [2.75, 3.05) is 0 Å². The van der Waals surface area contributed by atoms with Crippen LogP contribution in [0.5, 0.6) is 0 Å². The Morgan fingerprint density at radius 3 is 2.77 bits per heavy atom. The molecule has 2 aromatic heterocycles. The molecule has 0 spiro atoms. The number of benzene rings is 1. The van der Waals surface area contributed by atoms with Gasteiger partial charge in [-0.05, 0) is 43.7 Å². The Balaban J connectivity index is 1.48. The summed E-state index contributed by atoms with van der Waals surface area (Å²) in [4.78, 5) is 23.9. The van der Waals surface area contributed by atoms with Crippen molar-refractivity contribution in [3.63, 3.8) is 0 Å². The van der Waals surface area contributed by atoms with Gasteiger partial charge >= 0.3 is 0 Å². The first-order chi connectivity index (χ1) is 14.6. The zero-order valence-corrected chi connectivity index (χ0v) is 17.3. The second-order valence-corrected chi connectivity index (χ2v) is 8.65. The standard InChI is InChI=1S/C23H27N5O2/c1-15-22-18(17-12-24-27(14-17)13-16-6-3-2-4-7-16)8-5-9-19(22)28(26-15)20-10-11-21(29)25-23(20)30/h5,8-9,12,14,16,20H,2-4,6-7,10-11,13H2,1H3,(H,25,29,30). The van der Waals surface area contributed by atoms with E-state index in [9.17, 15) is 9.59 Å². The lowest BCUT2D eigenvalue weighted by atomic mass is 9.89. The summed E-state index contributed by atoms with van der Waals surface area (Å²) in [5, 5.41) is 12.8. The molecule has 1 saturated heterocycles. The van der Waals surface area contributed by atoms with Gasteiger partial charge in [0.15, 0.2) is 0 Å². The number of piperidine rings is 1. The Morgan fingerprint density at radius 2 is 1.97 bits per heavy atom. The number of amides is 2. The van der Waals surface area contributed by atoms with Gasteiger partial charge in [-0.2, -0.15) is 10.2 Å². The zero-order chi connectivity index (χ0) is 20.7. The molecule has 1 unspecified atom stereocenters. The van der Waals surface area contributed by atoms with Crippen LogP contribution < -0.4 is 5.32 Å². The lowest BCUT2D eigenvalue weighted by molar-refractivity contribution is -0.135. The van der Waals surface area contributed by atoms with Gasteiger partial charge in [-0.15, -0.1) is 0 Å². The van der Waals surface area contributed by atoms with E-state index in [1.165, 1.54) is 32.1 Å². The van der Waals surface area contributed by atoms with Crippen molar-refractivity contribution in [3.05, 3.63) is 36.3 Å². The minimum Gasteiger partial charge on any atom is -0.295 e. The minimum absolute atomic E-state index is 0.212. The van der Waals surface area contributed by atoms with E-state index in [0.717, 1.165) is 40.2 Å². The number of rotatable bonds is 4. The Bertz CT molecular complexity index is 1110. The van der Waals surface area contributed by atoms with Crippen molar-refractivity contribution in [1.29, 1.82) is 0 Å². The van der Waals surface area contributed by atoms with Gasteiger partial charge in [0, 0.05) is 30.1 Å². The van der Waals surface area contributed by atoms with Crippen LogP contribution in [0.15, 0.2) is 30.6 Å². The first-order valence-corrected chi connectivity index (χ1v) is 10.9. The van der Waals surface area contributed by atoms with Gasteiger partial charge in [-0.1, -0.05) is 31.4 Å². The number of nitrogens with zero attached hydrogens (tertiary/aromatic N) is 4. The van der Waals surface area contributed by atoms with E-state index in [2.05, 4.69) is 27.4 Å². The minimum atomic E-state index is -0.455. The predicted octanol–water partition coefficient (Wildman–Crippen LogP) is 3.77. The highest BCUT2D eigenvalue weighted by atomic mass is 16.2. The quantitative estimate of drug-likeness (QED) is 0.670. The van der Waals surface area contributed by atoms with Crippen molar-refractivity contribution in [1.82, 2.24) is 24.9 Å². The molecule has 1 aromatic carbocycles. The van der Waals surface area contributed by atoms with Gasteiger partial charge in [0.2, 0.25) is 5.91 Å². The molecule has 3 aromatic rings. The van der Waals surface area contributed by atoms with Crippen LogP contribution in [0.3, 0.4) is 0 Å². The summed E-state index contributed by atoms with van der Waals surface area (Å²) in [6, 6.07) is 5.63. The van der Waals surface area contributed by atoms with Crippen molar-refractivity contribution in [2.45, 2.75) is 64.5 Å². The van der Waals surface area contributed by atoms with E-state index in [4.69, 9.17) is 5.10 Å². The third-order valence-electron chi connectivity index (χ3n) is 6.53. The third-order valence-corrected chi connectivity index (χ3v) is 6.53. The molecule has 1 aliphatic carbocycles. The van der Waals surface area contributed by atoms with Crippen LogP contribution in [0.4, 0.5) is 0 Å². The Kier molecular flexibility index (Phi) is 4.89. The zero-order valence-electron chi connectivity index (χ0n) is 17.3. The van der Waals surface area contributed by atoms with Crippen LogP contribution in [0.2, 0.25) is 0 Å². The number of aromatic nitrogens is 4. The third kappa shape index (κ3) is 3.42. The number of hydrogen-bond donors (Lipinski definition) is 1. The Morgan fingerprint density at radius 1 is 1.13 bits per heavy atom. The fourth-order valence-corrected chi connectivity index (χ4v) is 5.01. The van der Waals surface area contributed by atoms with E-state index >= 15 is 0 Å². The molecule has 0 bridgehead atoms. The van der Waals surface area contributed by atoms with Gasteiger partial charge in [-0.25, -0.2) is 0 Å². The highest BCUT2D eigenvalue weighted by molar-refractivity contribution is 6.01. The van der Waals surface area contributed by atoms with Crippen LogP contribution in [-0.4, -0.2) is 31.4 Å². The average molecular weight is 406 g/mol. The van der Waals surface area contributed by atoms with Crippen LogP contribution in [0, 0.1) is 12.8 Å². The summed E-state index contributed by atoms with van der Waals surface area (Å²) in [5.41, 5.74) is 3.95. The maximum atomic E-state index is 12.4. The molecule has 2 amide bonds. The molecule has 7 heteroatoms. The van der Waals surface area contributed by atoms with Gasteiger partial charge in [-0.3, -0.25) is 24.3 Å². The number of hydrogen-bond acceptors (Lipinski definition) is 4. The summed E-state index contributed by atoms with van der Waals surface area (Å²) in [5.74, 6) is 0.233. The van der Waals surface area contributed by atoms with Crippen LogP contribution in [0.1, 0.15) is 56.7 Å². The van der Waals surface area contributed by atoms with Crippen molar-refractivity contribution < 1.29 is 9.59 Å². The van der Waals surface area contributed by atoms with Crippen molar-refractivity contribution in [2.24, 2.45) is 5.92 Å². The molecular weight excluding hydrogens is 378 g/mol. The number of carbonyl (C=O) groups is 2. The Labute approximate surface area is 175 Å². The van der Waals surface area contributed by atoms with Gasteiger partial charge in [0.1, 0.15) is 6.04 Å². The lowest BCUT2D eigenvalue weighted by Gasteiger charge is -2.21. The SMILES string of the molecule is Cc1nn(C2CCC(=O)NC2=O)c2cccc(-c3cnn(CC4CCCCC4)c3)c12. The fraction of sp³-hybridized carbons (Fsp3) is 0.478. The first kappa shape index (κ1) is 19.0. The normalized spacial score (nSPS) is 20.6. The molecular formula is C23H27N5O2. The van der Waals surface area contributed by atoms with Gasteiger partial charge < -0.3 is 0 Å². The number of nitrogens with one attached hydrogen (secondary N) is 1. The van der Waals surface area contributed by atoms with Crippen LogP contribution >= 0.6 is 0 Å². The number of aryl methyl sites for hydroxylation is 1. The summed E-state index contributed by atoms with van der Waals surface area (Å²) in [6.45, 7) is 2.95. The van der Waals surface area contributed by atoms with Crippen molar-refractivity contribution in [3.8, 4) is 11.1 Å². The molecule has 0 radical (unpaired) electrons. The molecule has 3 heterocycles. The number of carbonyl (C=O) groups excluding carboxylic acids is 2. The average Bonchev–Trinajstić information content (AvgIpc) is 3.34. The van der Waals surface area contributed by atoms with Gasteiger partial charge in [0.05, 0.1) is 17.4 Å². The molecule has 1 saturated carbocycles. The maximum absolute atomic E-state index is 12.4. The van der Waals surface area contributed by atoms with Crippen LogP contribution in [-0.2, 0) is 16.1 Å². The molecule has 1 atom stereocenters. The van der Waals surface area contributed by atoms with E-state index in [1.807, 2.05) is 25.3 Å². The topological polar surface area (TPSA) is 81.8 Å².